The third-order valence-corrected chi connectivity index (χ3v) is 2.40. The average Bonchev–Trinajstić information content (AvgIpc) is 2.22. The van der Waals surface area contributed by atoms with Crippen molar-refractivity contribution in [1.82, 2.24) is 10.2 Å². The Labute approximate surface area is 86.8 Å². The smallest absolute Gasteiger partial charge is 0.236 e. The molecular weight excluding hydrogens is 178 g/mol. The highest BCUT2D eigenvalue weighted by Crippen LogP contribution is 1.87. The number of likely N-dealkylation sites (N-methyl/N-ethyl adjacent to an activating group) is 1. The van der Waals surface area contributed by atoms with Crippen LogP contribution in [0.3, 0.4) is 0 Å². The molecule has 0 aliphatic carbocycles. The maximum atomic E-state index is 11.3. The molecule has 84 valence electrons. The van der Waals surface area contributed by atoms with Gasteiger partial charge in [0.1, 0.15) is 0 Å². The van der Waals surface area contributed by atoms with Crippen molar-refractivity contribution in [3.05, 3.63) is 0 Å². The van der Waals surface area contributed by atoms with Gasteiger partial charge >= 0.3 is 0 Å². The number of nitrogens with zero attached hydrogens (tertiary/aromatic N) is 1. The van der Waals surface area contributed by atoms with Crippen LogP contribution in [-0.2, 0) is 4.79 Å². The first-order valence-corrected chi connectivity index (χ1v) is 5.41. The van der Waals surface area contributed by atoms with Crippen LogP contribution in [-0.4, -0.2) is 43.0 Å². The number of hydrogen-bond acceptors (Lipinski definition) is 3. The van der Waals surface area contributed by atoms with Crippen LogP contribution < -0.4 is 11.1 Å². The van der Waals surface area contributed by atoms with Gasteiger partial charge in [0, 0.05) is 13.1 Å². The van der Waals surface area contributed by atoms with Crippen LogP contribution in [0.2, 0.25) is 0 Å². The van der Waals surface area contributed by atoms with Crippen LogP contribution in [0, 0.1) is 0 Å². The highest BCUT2D eigenvalue weighted by Gasteiger charge is 2.09. The van der Waals surface area contributed by atoms with E-state index < -0.39 is 0 Å². The summed E-state index contributed by atoms with van der Waals surface area (Å²) < 4.78 is 0. The molecule has 0 spiro atoms. The normalized spacial score (nSPS) is 12.9. The van der Waals surface area contributed by atoms with Crippen LogP contribution in [0.5, 0.6) is 0 Å². The van der Waals surface area contributed by atoms with Crippen molar-refractivity contribution in [2.45, 2.75) is 33.2 Å². The SMILES string of the molecule is CC[C@H](N)C(=O)NCCN(CC)CC. The van der Waals surface area contributed by atoms with Crippen molar-refractivity contribution in [2.75, 3.05) is 26.2 Å². The van der Waals surface area contributed by atoms with Gasteiger partial charge in [0.05, 0.1) is 6.04 Å². The first-order chi connectivity index (χ1) is 6.65. The Hall–Kier alpha value is -0.610. The summed E-state index contributed by atoms with van der Waals surface area (Å²) in [7, 11) is 0. The Morgan fingerprint density at radius 3 is 2.36 bits per heavy atom. The number of amides is 1. The summed E-state index contributed by atoms with van der Waals surface area (Å²) in [6.07, 6.45) is 0.692. The lowest BCUT2D eigenvalue weighted by Gasteiger charge is -2.18. The fraction of sp³-hybridized carbons (Fsp3) is 0.900. The van der Waals surface area contributed by atoms with E-state index in [4.69, 9.17) is 5.73 Å². The molecule has 0 unspecified atom stereocenters. The zero-order valence-electron chi connectivity index (χ0n) is 9.55. The molecule has 0 bridgehead atoms. The van der Waals surface area contributed by atoms with Crippen molar-refractivity contribution in [2.24, 2.45) is 5.73 Å². The quantitative estimate of drug-likeness (QED) is 0.618. The molecule has 0 saturated carbocycles. The van der Waals surface area contributed by atoms with Gasteiger partial charge in [0.25, 0.3) is 0 Å². The second-order valence-corrected chi connectivity index (χ2v) is 3.33. The summed E-state index contributed by atoms with van der Waals surface area (Å²) in [4.78, 5) is 13.5. The van der Waals surface area contributed by atoms with Gasteiger partial charge in [0.15, 0.2) is 0 Å². The Kier molecular flexibility index (Phi) is 7.42. The summed E-state index contributed by atoms with van der Waals surface area (Å²) in [5.74, 6) is -0.0420. The molecule has 0 aliphatic heterocycles. The van der Waals surface area contributed by atoms with Gasteiger partial charge in [0.2, 0.25) is 5.91 Å². The lowest BCUT2D eigenvalue weighted by molar-refractivity contribution is -0.122. The van der Waals surface area contributed by atoms with Crippen molar-refractivity contribution in [3.8, 4) is 0 Å². The molecule has 1 atom stereocenters. The molecule has 0 aliphatic rings. The average molecular weight is 201 g/mol. The minimum Gasteiger partial charge on any atom is -0.353 e. The molecule has 1 amide bonds. The van der Waals surface area contributed by atoms with E-state index in [1.165, 1.54) is 0 Å². The fourth-order valence-corrected chi connectivity index (χ4v) is 1.19. The number of rotatable bonds is 7. The maximum absolute atomic E-state index is 11.3. The van der Waals surface area contributed by atoms with E-state index >= 15 is 0 Å². The van der Waals surface area contributed by atoms with Gasteiger partial charge in [-0.2, -0.15) is 0 Å². The van der Waals surface area contributed by atoms with Gasteiger partial charge in [-0.1, -0.05) is 20.8 Å². The Balaban J connectivity index is 3.57. The van der Waals surface area contributed by atoms with Crippen LogP contribution in [0.25, 0.3) is 0 Å². The number of hydrogen-bond donors (Lipinski definition) is 2. The van der Waals surface area contributed by atoms with Gasteiger partial charge < -0.3 is 16.0 Å². The van der Waals surface area contributed by atoms with Crippen LogP contribution in [0.15, 0.2) is 0 Å². The van der Waals surface area contributed by atoms with Gasteiger partial charge in [-0.15, -0.1) is 0 Å². The number of nitrogens with two attached hydrogens (primary N) is 1. The summed E-state index contributed by atoms with van der Waals surface area (Å²) in [5.41, 5.74) is 5.57. The Morgan fingerprint density at radius 2 is 1.93 bits per heavy atom. The van der Waals surface area contributed by atoms with Gasteiger partial charge in [-0.25, -0.2) is 0 Å². The van der Waals surface area contributed by atoms with Crippen LogP contribution in [0.4, 0.5) is 0 Å². The first kappa shape index (κ1) is 13.4. The second-order valence-electron chi connectivity index (χ2n) is 3.33. The zero-order valence-corrected chi connectivity index (χ0v) is 9.55. The lowest BCUT2D eigenvalue weighted by Crippen LogP contribution is -2.43. The number of carbonyl (C=O) groups excluding carboxylic acids is 1. The van der Waals surface area contributed by atoms with Crippen LogP contribution >= 0.6 is 0 Å². The largest absolute Gasteiger partial charge is 0.353 e. The second kappa shape index (κ2) is 7.76. The topological polar surface area (TPSA) is 58.4 Å². The fourth-order valence-electron chi connectivity index (χ4n) is 1.19. The molecule has 0 rings (SSSR count). The summed E-state index contributed by atoms with van der Waals surface area (Å²) in [6.45, 7) is 9.77. The molecule has 0 aromatic carbocycles. The predicted molar refractivity (Wildman–Crippen MR) is 59.1 cm³/mol. The third-order valence-electron chi connectivity index (χ3n) is 2.40. The van der Waals surface area contributed by atoms with E-state index in [1.807, 2.05) is 6.92 Å². The van der Waals surface area contributed by atoms with Gasteiger partial charge in [-0.05, 0) is 19.5 Å². The highest BCUT2D eigenvalue weighted by atomic mass is 16.2. The van der Waals surface area contributed by atoms with E-state index in [1.54, 1.807) is 0 Å². The molecule has 0 heterocycles. The molecule has 14 heavy (non-hydrogen) atoms. The summed E-state index contributed by atoms with van der Waals surface area (Å²) in [6, 6.07) is -0.355. The minimum absolute atomic E-state index is 0.0420. The molecule has 0 aromatic rings. The monoisotopic (exact) mass is 201 g/mol. The third kappa shape index (κ3) is 5.19. The Bertz CT molecular complexity index is 157. The van der Waals surface area contributed by atoms with Gasteiger partial charge in [-0.3, -0.25) is 4.79 Å². The summed E-state index contributed by atoms with van der Waals surface area (Å²) >= 11 is 0. The molecule has 0 radical (unpaired) electrons. The van der Waals surface area contributed by atoms with Crippen molar-refractivity contribution < 1.29 is 4.79 Å². The molecule has 0 fully saturated rings. The van der Waals surface area contributed by atoms with E-state index in [0.29, 0.717) is 13.0 Å². The molecule has 4 nitrogen and oxygen atoms in total. The van der Waals surface area contributed by atoms with E-state index in [-0.39, 0.29) is 11.9 Å². The van der Waals surface area contributed by atoms with Crippen molar-refractivity contribution in [3.63, 3.8) is 0 Å². The minimum atomic E-state index is -0.355. The maximum Gasteiger partial charge on any atom is 0.236 e. The lowest BCUT2D eigenvalue weighted by atomic mass is 10.2. The molecule has 4 heteroatoms. The first-order valence-electron chi connectivity index (χ1n) is 5.41. The predicted octanol–water partition coefficient (Wildman–Crippen LogP) is 0.182. The van der Waals surface area contributed by atoms with Crippen molar-refractivity contribution >= 4 is 5.91 Å². The highest BCUT2D eigenvalue weighted by molar-refractivity contribution is 5.81. The number of carbonyl (C=O) groups is 1. The van der Waals surface area contributed by atoms with Crippen LogP contribution in [0.1, 0.15) is 27.2 Å². The van der Waals surface area contributed by atoms with E-state index in [0.717, 1.165) is 19.6 Å². The standard InChI is InChI=1S/C10H23N3O/c1-4-9(11)10(14)12-7-8-13(5-2)6-3/h9H,4-8,11H2,1-3H3,(H,12,14)/t9-/m0/s1. The molecule has 0 aromatic heterocycles. The van der Waals surface area contributed by atoms with E-state index in [9.17, 15) is 4.79 Å². The number of nitrogens with one attached hydrogen (secondary N) is 1. The molecule has 0 saturated heterocycles. The molecule has 3 N–H and O–H groups in total. The zero-order chi connectivity index (χ0) is 11.0. The Morgan fingerprint density at radius 1 is 1.36 bits per heavy atom. The van der Waals surface area contributed by atoms with Crippen molar-refractivity contribution in [1.29, 1.82) is 0 Å². The summed E-state index contributed by atoms with van der Waals surface area (Å²) in [5, 5.41) is 2.83. The van der Waals surface area contributed by atoms with E-state index in [2.05, 4.69) is 24.1 Å². The molecular formula is C10H23N3O.